The average molecular weight is 417 g/mol. The highest BCUT2D eigenvalue weighted by molar-refractivity contribution is 6.02. The molecule has 31 heavy (non-hydrogen) atoms. The van der Waals surface area contributed by atoms with Gasteiger partial charge in [-0.15, -0.1) is 0 Å². The maximum atomic E-state index is 13.3. The Morgan fingerprint density at radius 1 is 1.06 bits per heavy atom. The van der Waals surface area contributed by atoms with Gasteiger partial charge in [0, 0.05) is 37.6 Å². The summed E-state index contributed by atoms with van der Waals surface area (Å²) in [5.41, 5.74) is 4.00. The van der Waals surface area contributed by atoms with Crippen molar-refractivity contribution >= 4 is 22.6 Å². The van der Waals surface area contributed by atoms with Crippen LogP contribution in [0.25, 0.3) is 10.9 Å². The number of anilines is 1. The van der Waals surface area contributed by atoms with Crippen molar-refractivity contribution in [2.75, 3.05) is 25.0 Å². The number of amides is 1. The molecule has 0 radical (unpaired) electrons. The van der Waals surface area contributed by atoms with Crippen LogP contribution in [0.2, 0.25) is 0 Å². The number of benzene rings is 2. The molecule has 4 rings (SSSR count). The molecule has 5 heteroatoms. The average Bonchev–Trinajstić information content (AvgIpc) is 3.32. The minimum absolute atomic E-state index is 0.0628. The Morgan fingerprint density at radius 3 is 2.48 bits per heavy atom. The third-order valence-corrected chi connectivity index (χ3v) is 6.21. The van der Waals surface area contributed by atoms with E-state index in [2.05, 4.69) is 54.2 Å². The molecule has 0 spiro atoms. The van der Waals surface area contributed by atoms with Crippen LogP contribution in [0.5, 0.6) is 0 Å². The van der Waals surface area contributed by atoms with Crippen molar-refractivity contribution in [2.24, 2.45) is 0 Å². The van der Waals surface area contributed by atoms with Crippen molar-refractivity contribution < 1.29 is 4.79 Å². The summed E-state index contributed by atoms with van der Waals surface area (Å²) in [5.74, 6) is 0.744. The van der Waals surface area contributed by atoms with Crippen molar-refractivity contribution in [3.63, 3.8) is 0 Å². The molecule has 1 N–H and O–H groups in total. The maximum absolute atomic E-state index is 13.3. The fourth-order valence-electron chi connectivity index (χ4n) is 4.05. The minimum Gasteiger partial charge on any atom is -0.356 e. The molecule has 2 aromatic carbocycles. The van der Waals surface area contributed by atoms with Gasteiger partial charge in [-0.1, -0.05) is 42.5 Å². The highest BCUT2D eigenvalue weighted by Gasteiger charge is 2.22. The van der Waals surface area contributed by atoms with Gasteiger partial charge < -0.3 is 10.2 Å². The molecule has 0 saturated carbocycles. The second kappa shape index (κ2) is 9.48. The molecule has 1 amide bonds. The zero-order valence-corrected chi connectivity index (χ0v) is 18.8. The lowest BCUT2D eigenvalue weighted by Gasteiger charge is -2.23. The fourth-order valence-corrected chi connectivity index (χ4v) is 4.05. The largest absolute Gasteiger partial charge is 0.356 e. The van der Waals surface area contributed by atoms with E-state index in [0.29, 0.717) is 18.2 Å². The quantitative estimate of drug-likeness (QED) is 0.611. The van der Waals surface area contributed by atoms with E-state index in [1.165, 1.54) is 5.56 Å². The molecule has 0 unspecified atom stereocenters. The molecule has 2 heterocycles. The van der Waals surface area contributed by atoms with Gasteiger partial charge >= 0.3 is 0 Å². The number of para-hydroxylation sites is 1. The molecule has 3 aromatic rings. The van der Waals surface area contributed by atoms with Gasteiger partial charge in [-0.3, -0.25) is 9.69 Å². The van der Waals surface area contributed by atoms with E-state index in [-0.39, 0.29) is 5.91 Å². The Hall–Kier alpha value is -2.92. The third kappa shape index (κ3) is 4.88. The van der Waals surface area contributed by atoms with Gasteiger partial charge in [0.15, 0.2) is 0 Å². The first kappa shape index (κ1) is 21.3. The first-order valence-corrected chi connectivity index (χ1v) is 11.2. The Morgan fingerprint density at radius 2 is 1.74 bits per heavy atom. The second-order valence-corrected chi connectivity index (χ2v) is 8.71. The molecule has 1 aliphatic heterocycles. The molecule has 1 aromatic heterocycles. The van der Waals surface area contributed by atoms with Crippen molar-refractivity contribution in [1.29, 1.82) is 0 Å². The zero-order valence-electron chi connectivity index (χ0n) is 18.8. The number of hydrogen-bond donors (Lipinski definition) is 1. The third-order valence-electron chi connectivity index (χ3n) is 6.21. The fraction of sp³-hybridized carbons (Fsp3) is 0.385. The first-order chi connectivity index (χ1) is 15.0. The van der Waals surface area contributed by atoms with Crippen LogP contribution in [0.3, 0.4) is 0 Å². The van der Waals surface area contributed by atoms with E-state index >= 15 is 0 Å². The zero-order chi connectivity index (χ0) is 21.8. The van der Waals surface area contributed by atoms with E-state index in [1.807, 2.05) is 36.4 Å². The van der Waals surface area contributed by atoms with Crippen molar-refractivity contribution in [3.8, 4) is 0 Å². The van der Waals surface area contributed by atoms with Gasteiger partial charge in [0.2, 0.25) is 0 Å². The monoisotopic (exact) mass is 416 g/mol. The van der Waals surface area contributed by atoms with Gasteiger partial charge in [-0.05, 0) is 57.0 Å². The van der Waals surface area contributed by atoms with Crippen LogP contribution < -0.4 is 10.2 Å². The van der Waals surface area contributed by atoms with Crippen LogP contribution >= 0.6 is 0 Å². The summed E-state index contributed by atoms with van der Waals surface area (Å²) in [6.07, 6.45) is 2.29. The smallest absolute Gasteiger partial charge is 0.255 e. The van der Waals surface area contributed by atoms with E-state index in [9.17, 15) is 4.79 Å². The number of pyridine rings is 1. The number of nitrogens with one attached hydrogen (secondary N) is 1. The Balaban J connectivity index is 1.57. The number of hydrogen-bond acceptors (Lipinski definition) is 4. The predicted molar refractivity (Wildman–Crippen MR) is 127 cm³/mol. The molecular weight excluding hydrogens is 384 g/mol. The second-order valence-electron chi connectivity index (χ2n) is 8.71. The lowest BCUT2D eigenvalue weighted by Crippen LogP contribution is -2.29. The number of rotatable bonds is 7. The van der Waals surface area contributed by atoms with E-state index in [1.54, 1.807) is 0 Å². The maximum Gasteiger partial charge on any atom is 0.255 e. The van der Waals surface area contributed by atoms with Crippen molar-refractivity contribution in [1.82, 2.24) is 15.2 Å². The lowest BCUT2D eigenvalue weighted by molar-refractivity contribution is 0.0951. The number of carbonyl (C=O) groups is 1. The molecule has 0 bridgehead atoms. The Bertz CT molecular complexity index is 1060. The summed E-state index contributed by atoms with van der Waals surface area (Å²) in [4.78, 5) is 22.7. The highest BCUT2D eigenvalue weighted by atomic mass is 16.1. The van der Waals surface area contributed by atoms with Gasteiger partial charge in [0.25, 0.3) is 5.91 Å². The van der Waals surface area contributed by atoms with E-state index in [4.69, 9.17) is 4.98 Å². The molecular formula is C26H32N4O. The normalized spacial score (nSPS) is 14.0. The number of carbonyl (C=O) groups excluding carboxylic acids is 1. The summed E-state index contributed by atoms with van der Waals surface area (Å²) in [7, 11) is 2.13. The molecule has 1 aliphatic rings. The molecule has 1 saturated heterocycles. The first-order valence-electron chi connectivity index (χ1n) is 11.2. The molecule has 0 aliphatic carbocycles. The predicted octanol–water partition coefficient (Wildman–Crippen LogP) is 4.61. The van der Waals surface area contributed by atoms with Crippen molar-refractivity contribution in [2.45, 2.75) is 45.8 Å². The number of nitrogens with zero attached hydrogens (tertiary/aromatic N) is 3. The number of aromatic nitrogens is 1. The van der Waals surface area contributed by atoms with Crippen LogP contribution in [-0.4, -0.2) is 42.0 Å². The standard InChI is InChI=1S/C26H32N4O/c1-19(2)29(3)18-22-12-5-4-11-21(22)17-27-26(31)23-16-20-10-6-7-13-24(20)28-25(23)30-14-8-9-15-30/h4-7,10-13,16,19H,8-9,14-15,17-18H2,1-3H3,(H,27,31). The van der Waals surface area contributed by atoms with Crippen LogP contribution in [0.4, 0.5) is 5.82 Å². The summed E-state index contributed by atoms with van der Waals surface area (Å²) in [6.45, 7) is 7.66. The summed E-state index contributed by atoms with van der Waals surface area (Å²) in [5, 5.41) is 4.16. The van der Waals surface area contributed by atoms with Crippen molar-refractivity contribution in [3.05, 3.63) is 71.3 Å². The van der Waals surface area contributed by atoms with Crippen LogP contribution in [0.15, 0.2) is 54.6 Å². The van der Waals surface area contributed by atoms with Crippen LogP contribution in [-0.2, 0) is 13.1 Å². The number of fused-ring (bicyclic) bond motifs is 1. The summed E-state index contributed by atoms with van der Waals surface area (Å²) < 4.78 is 0. The minimum atomic E-state index is -0.0628. The van der Waals surface area contributed by atoms with Gasteiger partial charge in [0.1, 0.15) is 5.82 Å². The van der Waals surface area contributed by atoms with E-state index in [0.717, 1.165) is 54.8 Å². The molecule has 0 atom stereocenters. The molecule has 1 fully saturated rings. The summed E-state index contributed by atoms with van der Waals surface area (Å²) in [6, 6.07) is 18.8. The topological polar surface area (TPSA) is 48.5 Å². The molecule has 162 valence electrons. The SMILES string of the molecule is CC(C)N(C)Cc1ccccc1CNC(=O)c1cc2ccccc2nc1N1CCCC1. The Labute approximate surface area is 185 Å². The van der Waals surface area contributed by atoms with E-state index < -0.39 is 0 Å². The summed E-state index contributed by atoms with van der Waals surface area (Å²) >= 11 is 0. The van der Waals surface area contributed by atoms with Gasteiger partial charge in [0.05, 0.1) is 11.1 Å². The molecule has 5 nitrogen and oxygen atoms in total. The van der Waals surface area contributed by atoms with Crippen LogP contribution in [0, 0.1) is 0 Å². The Kier molecular flexibility index (Phi) is 6.52. The van der Waals surface area contributed by atoms with Crippen LogP contribution in [0.1, 0.15) is 48.2 Å². The van der Waals surface area contributed by atoms with Gasteiger partial charge in [-0.2, -0.15) is 0 Å². The van der Waals surface area contributed by atoms with Gasteiger partial charge in [-0.25, -0.2) is 4.98 Å². The highest BCUT2D eigenvalue weighted by Crippen LogP contribution is 2.26. The lowest BCUT2D eigenvalue weighted by atomic mass is 10.1.